The predicted molar refractivity (Wildman–Crippen MR) is 96.8 cm³/mol. The Kier molecular flexibility index (Phi) is 5.48. The minimum Gasteiger partial charge on any atom is -0.493 e. The van der Waals surface area contributed by atoms with E-state index < -0.39 is 0 Å². The molecule has 0 aliphatic heterocycles. The van der Waals surface area contributed by atoms with Gasteiger partial charge in [-0.25, -0.2) is 4.68 Å². The largest absolute Gasteiger partial charge is 0.493 e. The Bertz CT molecular complexity index is 873. The molecule has 0 atom stereocenters. The van der Waals surface area contributed by atoms with Gasteiger partial charge in [0.1, 0.15) is 18.1 Å². The monoisotopic (exact) mass is 375 g/mol. The van der Waals surface area contributed by atoms with E-state index in [9.17, 15) is 0 Å². The molecule has 1 aromatic heterocycles. The summed E-state index contributed by atoms with van der Waals surface area (Å²) < 4.78 is 23.3. The van der Waals surface area contributed by atoms with Crippen molar-refractivity contribution in [1.29, 1.82) is 0 Å². The first-order chi connectivity index (χ1) is 12.6. The molecule has 136 valence electrons. The number of nitrogens with zero attached hydrogens (tertiary/aromatic N) is 3. The Morgan fingerprint density at radius 2 is 1.73 bits per heavy atom. The molecule has 3 aromatic rings. The van der Waals surface area contributed by atoms with Crippen LogP contribution < -0.4 is 18.9 Å². The maximum atomic E-state index is 5.95. The van der Waals surface area contributed by atoms with Gasteiger partial charge in [0, 0.05) is 17.2 Å². The lowest BCUT2D eigenvalue weighted by atomic mass is 10.2. The number of rotatable bonds is 7. The molecule has 0 radical (unpaired) electrons. The Labute approximate surface area is 156 Å². The first kappa shape index (κ1) is 17.9. The third kappa shape index (κ3) is 3.83. The molecule has 3 rings (SSSR count). The van der Waals surface area contributed by atoms with Gasteiger partial charge >= 0.3 is 0 Å². The van der Waals surface area contributed by atoms with Gasteiger partial charge in [0.2, 0.25) is 5.75 Å². The summed E-state index contributed by atoms with van der Waals surface area (Å²) in [4.78, 5) is 0. The van der Waals surface area contributed by atoms with Crippen LogP contribution in [0.1, 0.15) is 5.69 Å². The highest BCUT2D eigenvalue weighted by Crippen LogP contribution is 2.39. The summed E-state index contributed by atoms with van der Waals surface area (Å²) in [5.41, 5.74) is 1.39. The van der Waals surface area contributed by atoms with Crippen LogP contribution in [0, 0.1) is 0 Å². The van der Waals surface area contributed by atoms with Gasteiger partial charge in [-0.05, 0) is 18.2 Å². The Morgan fingerprint density at radius 3 is 2.35 bits per heavy atom. The van der Waals surface area contributed by atoms with E-state index in [2.05, 4.69) is 10.3 Å². The standard InChI is InChI=1S/C18H18ClN3O4/c1-23-16-8-14(9-17(24-2)18(16)25-3)22-10-13(20-21-22)11-26-15-6-4-5-12(19)7-15/h4-10H,11H2,1-3H3. The molecule has 0 saturated heterocycles. The number of aromatic nitrogens is 3. The molecule has 0 bridgehead atoms. The van der Waals surface area contributed by atoms with Gasteiger partial charge in [-0.2, -0.15) is 0 Å². The fourth-order valence-electron chi connectivity index (χ4n) is 2.40. The molecule has 0 aliphatic rings. The van der Waals surface area contributed by atoms with E-state index in [1.165, 1.54) is 0 Å². The zero-order valence-corrected chi connectivity index (χ0v) is 15.4. The SMILES string of the molecule is COc1cc(-n2cc(COc3cccc(Cl)c3)nn2)cc(OC)c1OC. The van der Waals surface area contributed by atoms with E-state index in [4.69, 9.17) is 30.5 Å². The average Bonchev–Trinajstić information content (AvgIpc) is 3.14. The molecule has 0 amide bonds. The zero-order chi connectivity index (χ0) is 18.5. The van der Waals surface area contributed by atoms with Crippen molar-refractivity contribution in [3.8, 4) is 28.7 Å². The molecule has 0 fully saturated rings. The van der Waals surface area contributed by atoms with E-state index in [1.807, 2.05) is 12.1 Å². The van der Waals surface area contributed by atoms with Crippen LogP contribution in [0.4, 0.5) is 0 Å². The summed E-state index contributed by atoms with van der Waals surface area (Å²) in [6.07, 6.45) is 1.77. The molecule has 1 heterocycles. The van der Waals surface area contributed by atoms with E-state index in [0.717, 1.165) is 5.69 Å². The summed E-state index contributed by atoms with van der Waals surface area (Å²) in [5, 5.41) is 8.87. The maximum Gasteiger partial charge on any atom is 0.203 e. The van der Waals surface area contributed by atoms with Gasteiger partial charge < -0.3 is 18.9 Å². The van der Waals surface area contributed by atoms with Crippen LogP contribution in [-0.4, -0.2) is 36.3 Å². The lowest BCUT2D eigenvalue weighted by Crippen LogP contribution is -2.00. The Morgan fingerprint density at radius 1 is 1.00 bits per heavy atom. The Hall–Kier alpha value is -2.93. The summed E-state index contributed by atoms with van der Waals surface area (Å²) >= 11 is 5.95. The van der Waals surface area contributed by atoms with Crippen molar-refractivity contribution < 1.29 is 18.9 Å². The summed E-state index contributed by atoms with van der Waals surface area (Å²) in [6, 6.07) is 10.8. The number of halogens is 1. The van der Waals surface area contributed by atoms with Crippen LogP contribution >= 0.6 is 11.6 Å². The lowest BCUT2D eigenvalue weighted by molar-refractivity contribution is 0.301. The van der Waals surface area contributed by atoms with Gasteiger partial charge in [-0.15, -0.1) is 5.10 Å². The fourth-order valence-corrected chi connectivity index (χ4v) is 2.58. The highest BCUT2D eigenvalue weighted by atomic mass is 35.5. The van der Waals surface area contributed by atoms with Gasteiger partial charge in [0.15, 0.2) is 11.5 Å². The van der Waals surface area contributed by atoms with Gasteiger partial charge in [0.05, 0.1) is 33.2 Å². The van der Waals surface area contributed by atoms with E-state index >= 15 is 0 Å². The number of ether oxygens (including phenoxy) is 4. The molecule has 2 aromatic carbocycles. The highest BCUT2D eigenvalue weighted by molar-refractivity contribution is 6.30. The van der Waals surface area contributed by atoms with E-state index in [0.29, 0.717) is 33.7 Å². The second kappa shape index (κ2) is 7.97. The molecule has 7 nitrogen and oxygen atoms in total. The smallest absolute Gasteiger partial charge is 0.203 e. The van der Waals surface area contributed by atoms with Gasteiger partial charge in [0.25, 0.3) is 0 Å². The minimum absolute atomic E-state index is 0.269. The van der Waals surface area contributed by atoms with Crippen molar-refractivity contribution in [3.63, 3.8) is 0 Å². The third-order valence-corrected chi connectivity index (χ3v) is 3.87. The molecule has 8 heteroatoms. The van der Waals surface area contributed by atoms with Crippen LogP contribution in [0.3, 0.4) is 0 Å². The van der Waals surface area contributed by atoms with Crippen LogP contribution in [0.5, 0.6) is 23.0 Å². The summed E-state index contributed by atoms with van der Waals surface area (Å²) in [5.74, 6) is 2.26. The van der Waals surface area contributed by atoms with E-state index in [-0.39, 0.29) is 6.61 Å². The molecule has 0 unspecified atom stereocenters. The first-order valence-electron chi connectivity index (χ1n) is 7.74. The number of hydrogen-bond acceptors (Lipinski definition) is 6. The molecular weight excluding hydrogens is 358 g/mol. The molecule has 0 saturated carbocycles. The topological polar surface area (TPSA) is 67.6 Å². The number of hydrogen-bond donors (Lipinski definition) is 0. The molecular formula is C18H18ClN3O4. The summed E-state index contributed by atoms with van der Waals surface area (Å²) in [6.45, 7) is 0.269. The molecule has 26 heavy (non-hydrogen) atoms. The van der Waals surface area contributed by atoms with Crippen molar-refractivity contribution in [2.75, 3.05) is 21.3 Å². The fraction of sp³-hybridized carbons (Fsp3) is 0.222. The quantitative estimate of drug-likeness (QED) is 0.629. The second-order valence-corrected chi connectivity index (χ2v) is 5.72. The molecule has 0 aliphatic carbocycles. The minimum atomic E-state index is 0.269. The molecule has 0 spiro atoms. The van der Waals surface area contributed by atoms with Crippen molar-refractivity contribution in [3.05, 3.63) is 53.3 Å². The van der Waals surface area contributed by atoms with Crippen LogP contribution in [-0.2, 0) is 6.61 Å². The number of benzene rings is 2. The third-order valence-electron chi connectivity index (χ3n) is 3.64. The number of methoxy groups -OCH3 is 3. The van der Waals surface area contributed by atoms with Crippen LogP contribution in [0.15, 0.2) is 42.6 Å². The highest BCUT2D eigenvalue weighted by Gasteiger charge is 2.15. The van der Waals surface area contributed by atoms with Crippen LogP contribution in [0.2, 0.25) is 5.02 Å². The van der Waals surface area contributed by atoms with Gasteiger partial charge in [-0.3, -0.25) is 0 Å². The van der Waals surface area contributed by atoms with E-state index in [1.54, 1.807) is 56.5 Å². The van der Waals surface area contributed by atoms with Crippen molar-refractivity contribution in [1.82, 2.24) is 15.0 Å². The normalized spacial score (nSPS) is 10.5. The lowest BCUT2D eigenvalue weighted by Gasteiger charge is -2.13. The van der Waals surface area contributed by atoms with Crippen molar-refractivity contribution >= 4 is 11.6 Å². The average molecular weight is 376 g/mol. The van der Waals surface area contributed by atoms with Crippen molar-refractivity contribution in [2.24, 2.45) is 0 Å². The van der Waals surface area contributed by atoms with Crippen molar-refractivity contribution in [2.45, 2.75) is 6.61 Å². The first-order valence-corrected chi connectivity index (χ1v) is 8.12. The van der Waals surface area contributed by atoms with Crippen LogP contribution in [0.25, 0.3) is 5.69 Å². The van der Waals surface area contributed by atoms with Gasteiger partial charge in [-0.1, -0.05) is 22.9 Å². The molecule has 0 N–H and O–H groups in total. The zero-order valence-electron chi connectivity index (χ0n) is 14.6. The predicted octanol–water partition coefficient (Wildman–Crippen LogP) is 3.53. The maximum absolute atomic E-state index is 5.95. The Balaban J connectivity index is 1.81. The second-order valence-electron chi connectivity index (χ2n) is 5.28. The summed E-state index contributed by atoms with van der Waals surface area (Å²) in [7, 11) is 4.68.